The molecule has 5 heteroatoms. The van der Waals surface area contributed by atoms with Crippen LogP contribution in [-0.4, -0.2) is 30.1 Å². The summed E-state index contributed by atoms with van der Waals surface area (Å²) >= 11 is 0. The molecule has 1 fully saturated rings. The second-order valence-electron chi connectivity index (χ2n) is 11.4. The van der Waals surface area contributed by atoms with Crippen LogP contribution in [0.25, 0.3) is 0 Å². The molecule has 0 aromatic carbocycles. The van der Waals surface area contributed by atoms with Crippen molar-refractivity contribution in [3.8, 4) is 6.07 Å². The summed E-state index contributed by atoms with van der Waals surface area (Å²) in [5, 5.41) is 9.97. The second-order valence-corrected chi connectivity index (χ2v) is 21.7. The van der Waals surface area contributed by atoms with Crippen molar-refractivity contribution >= 4 is 16.4 Å². The summed E-state index contributed by atoms with van der Waals surface area (Å²) < 4.78 is 11.9. The van der Waals surface area contributed by atoms with Crippen LogP contribution in [0.4, 0.5) is 0 Å². The van der Waals surface area contributed by atoms with Gasteiger partial charge in [0.1, 0.15) is 0 Å². The summed E-state index contributed by atoms with van der Waals surface area (Å²) in [5.41, 5.74) is 1.43. The van der Waals surface area contributed by atoms with E-state index < -0.39 is 16.4 Å². The topological polar surface area (TPSA) is 42.2 Å². The Kier molecular flexibility index (Phi) is 9.50. The standard InChI is InChI=1S/C23H45NO2Si2/c1-23(2,3)28(8,9)26-14-13-20-11-10-12-21(22(20)17-25-4)15-19(16-24)18-27(5,6)7/h17,19-21H,10-15,18H2,1-9H3/b22-17-/t19?,20-,21+/m0/s1. The third-order valence-electron chi connectivity index (χ3n) is 6.65. The predicted octanol–water partition coefficient (Wildman–Crippen LogP) is 7.21. The first-order chi connectivity index (χ1) is 12.8. The summed E-state index contributed by atoms with van der Waals surface area (Å²) in [4.78, 5) is 0. The molecule has 0 bridgehead atoms. The zero-order valence-electron chi connectivity index (χ0n) is 20.0. The van der Waals surface area contributed by atoms with Crippen LogP contribution in [0.2, 0.25) is 43.8 Å². The van der Waals surface area contributed by atoms with Gasteiger partial charge in [0.2, 0.25) is 0 Å². The summed E-state index contributed by atoms with van der Waals surface area (Å²) in [7, 11) is -1.17. The van der Waals surface area contributed by atoms with Crippen LogP contribution in [0.5, 0.6) is 0 Å². The molecule has 0 spiro atoms. The van der Waals surface area contributed by atoms with Crippen molar-refractivity contribution in [3.63, 3.8) is 0 Å². The average Bonchev–Trinajstić information content (AvgIpc) is 2.54. The second kappa shape index (κ2) is 10.5. The highest BCUT2D eigenvalue weighted by molar-refractivity contribution is 6.76. The highest BCUT2D eigenvalue weighted by atomic mass is 28.4. The highest BCUT2D eigenvalue weighted by Gasteiger charge is 2.37. The van der Waals surface area contributed by atoms with Gasteiger partial charge in [0.15, 0.2) is 8.32 Å². The molecular formula is C23H45NO2Si2. The summed E-state index contributed by atoms with van der Waals surface area (Å²) in [5.74, 6) is 1.21. The van der Waals surface area contributed by atoms with Crippen LogP contribution in [-0.2, 0) is 9.16 Å². The Morgan fingerprint density at radius 3 is 2.25 bits per heavy atom. The number of nitriles is 1. The van der Waals surface area contributed by atoms with Crippen LogP contribution < -0.4 is 0 Å². The molecule has 162 valence electrons. The molecule has 1 rings (SSSR count). The molecule has 0 N–H and O–H groups in total. The van der Waals surface area contributed by atoms with Gasteiger partial charge >= 0.3 is 0 Å². The van der Waals surface area contributed by atoms with Crippen molar-refractivity contribution in [2.75, 3.05) is 13.7 Å². The molecular weight excluding hydrogens is 378 g/mol. The van der Waals surface area contributed by atoms with Crippen molar-refractivity contribution in [1.29, 1.82) is 5.26 Å². The van der Waals surface area contributed by atoms with Gasteiger partial charge in [-0.15, -0.1) is 0 Å². The van der Waals surface area contributed by atoms with E-state index in [0.717, 1.165) is 25.5 Å². The Morgan fingerprint density at radius 2 is 1.75 bits per heavy atom. The molecule has 0 heterocycles. The van der Waals surface area contributed by atoms with Gasteiger partial charge in [-0.05, 0) is 67.3 Å². The molecule has 1 unspecified atom stereocenters. The van der Waals surface area contributed by atoms with E-state index in [-0.39, 0.29) is 11.0 Å². The van der Waals surface area contributed by atoms with E-state index >= 15 is 0 Å². The predicted molar refractivity (Wildman–Crippen MR) is 126 cm³/mol. The average molecular weight is 424 g/mol. The van der Waals surface area contributed by atoms with E-state index in [1.807, 2.05) is 6.26 Å². The number of hydrogen-bond acceptors (Lipinski definition) is 3. The number of methoxy groups -OCH3 is 1. The maximum absolute atomic E-state index is 9.72. The maximum atomic E-state index is 9.72. The highest BCUT2D eigenvalue weighted by Crippen LogP contribution is 2.42. The molecule has 0 aromatic heterocycles. The van der Waals surface area contributed by atoms with E-state index in [1.165, 1.54) is 24.8 Å². The van der Waals surface area contributed by atoms with Gasteiger partial charge in [0.05, 0.1) is 19.4 Å². The van der Waals surface area contributed by atoms with Crippen molar-refractivity contribution in [1.82, 2.24) is 0 Å². The fourth-order valence-electron chi connectivity index (χ4n) is 4.11. The minimum Gasteiger partial charge on any atom is -0.504 e. The number of ether oxygens (including phenoxy) is 1. The molecule has 0 aliphatic heterocycles. The number of nitrogens with zero attached hydrogens (tertiary/aromatic N) is 1. The van der Waals surface area contributed by atoms with Crippen LogP contribution in [0.3, 0.4) is 0 Å². The lowest BCUT2D eigenvalue weighted by atomic mass is 9.73. The van der Waals surface area contributed by atoms with Crippen LogP contribution in [0, 0.1) is 29.1 Å². The summed E-state index contributed by atoms with van der Waals surface area (Å²) in [6, 6.07) is 3.71. The van der Waals surface area contributed by atoms with E-state index in [2.05, 4.69) is 59.6 Å². The van der Waals surface area contributed by atoms with Crippen molar-refractivity contribution in [3.05, 3.63) is 11.8 Å². The Hall–Kier alpha value is -0.576. The minimum atomic E-state index is -1.69. The summed E-state index contributed by atoms with van der Waals surface area (Å²) in [6.07, 6.45) is 7.72. The molecule has 0 radical (unpaired) electrons. The van der Waals surface area contributed by atoms with Gasteiger partial charge in [-0.2, -0.15) is 5.26 Å². The Labute approximate surface area is 177 Å². The normalized spacial score (nSPS) is 24.1. The molecule has 1 aliphatic rings. The molecule has 1 aliphatic carbocycles. The fraction of sp³-hybridized carbons (Fsp3) is 0.870. The van der Waals surface area contributed by atoms with E-state index in [9.17, 15) is 5.26 Å². The fourth-order valence-corrected chi connectivity index (χ4v) is 6.91. The molecule has 0 saturated heterocycles. The lowest BCUT2D eigenvalue weighted by Gasteiger charge is -2.38. The van der Waals surface area contributed by atoms with E-state index in [1.54, 1.807) is 7.11 Å². The quantitative estimate of drug-likeness (QED) is 0.290. The number of allylic oxidation sites excluding steroid dienone is 1. The van der Waals surface area contributed by atoms with Crippen LogP contribution >= 0.6 is 0 Å². The van der Waals surface area contributed by atoms with Crippen molar-refractivity contribution < 1.29 is 9.16 Å². The third kappa shape index (κ3) is 8.04. The zero-order valence-corrected chi connectivity index (χ0v) is 22.0. The van der Waals surface area contributed by atoms with Gasteiger partial charge < -0.3 is 9.16 Å². The molecule has 1 saturated carbocycles. The maximum Gasteiger partial charge on any atom is 0.191 e. The first-order valence-electron chi connectivity index (χ1n) is 11.1. The molecule has 0 amide bonds. The smallest absolute Gasteiger partial charge is 0.191 e. The number of rotatable bonds is 9. The van der Waals surface area contributed by atoms with Crippen LogP contribution in [0.15, 0.2) is 11.8 Å². The van der Waals surface area contributed by atoms with Crippen molar-refractivity contribution in [2.45, 2.75) is 96.7 Å². The Morgan fingerprint density at radius 1 is 1.14 bits per heavy atom. The molecule has 3 atom stereocenters. The molecule has 3 nitrogen and oxygen atoms in total. The van der Waals surface area contributed by atoms with E-state index in [0.29, 0.717) is 11.8 Å². The Bertz CT molecular complexity index is 552. The SMILES string of the molecule is CO/C=C1/[C@H](CCO[Si](C)(C)C(C)(C)C)CCC[C@@H]1CC(C#N)C[Si](C)(C)C. The third-order valence-corrected chi connectivity index (χ3v) is 12.9. The zero-order chi connectivity index (χ0) is 21.6. The van der Waals surface area contributed by atoms with Crippen molar-refractivity contribution in [2.24, 2.45) is 17.8 Å². The van der Waals surface area contributed by atoms with Gasteiger partial charge in [-0.1, -0.05) is 46.8 Å². The van der Waals surface area contributed by atoms with Gasteiger partial charge in [-0.3, -0.25) is 0 Å². The monoisotopic (exact) mass is 423 g/mol. The lowest BCUT2D eigenvalue weighted by Crippen LogP contribution is -2.41. The molecule has 0 aromatic rings. The first-order valence-corrected chi connectivity index (χ1v) is 17.7. The van der Waals surface area contributed by atoms with E-state index in [4.69, 9.17) is 9.16 Å². The lowest BCUT2D eigenvalue weighted by molar-refractivity contribution is 0.228. The number of hydrogen-bond donors (Lipinski definition) is 0. The minimum absolute atomic E-state index is 0.180. The van der Waals surface area contributed by atoms with Crippen LogP contribution in [0.1, 0.15) is 52.9 Å². The van der Waals surface area contributed by atoms with Gasteiger partial charge in [0, 0.05) is 20.6 Å². The van der Waals surface area contributed by atoms with Gasteiger partial charge in [0.25, 0.3) is 0 Å². The van der Waals surface area contributed by atoms with Gasteiger partial charge in [-0.25, -0.2) is 0 Å². The first kappa shape index (κ1) is 25.5. The molecule has 28 heavy (non-hydrogen) atoms. The summed E-state index contributed by atoms with van der Waals surface area (Å²) in [6.45, 7) is 19.5. The largest absolute Gasteiger partial charge is 0.504 e. The Balaban J connectivity index is 2.78.